The van der Waals surface area contributed by atoms with Crippen LogP contribution in [0.15, 0.2) is 4.79 Å². The zero-order chi connectivity index (χ0) is 13.9. The summed E-state index contributed by atoms with van der Waals surface area (Å²) in [6.07, 6.45) is 3.22. The van der Waals surface area contributed by atoms with Gasteiger partial charge < -0.3 is 14.5 Å². The van der Waals surface area contributed by atoms with Gasteiger partial charge in [0.1, 0.15) is 11.4 Å². The molecule has 0 bridgehead atoms. The van der Waals surface area contributed by atoms with Crippen LogP contribution in [-0.2, 0) is 21.5 Å². The first kappa shape index (κ1) is 14.9. The van der Waals surface area contributed by atoms with Crippen LogP contribution in [-0.4, -0.2) is 30.3 Å². The molecule has 1 aliphatic heterocycles. The highest BCUT2D eigenvalue weighted by Gasteiger charge is 2.37. The molecule has 1 fully saturated rings. The fourth-order valence-electron chi connectivity index (χ4n) is 2.36. The van der Waals surface area contributed by atoms with Crippen molar-refractivity contribution in [2.75, 3.05) is 20.3 Å². The van der Waals surface area contributed by atoms with Crippen molar-refractivity contribution >= 4 is 22.6 Å². The number of hydrogen-bond acceptors (Lipinski definition) is 4. The molecular formula is C13H19IN2O3. The van der Waals surface area contributed by atoms with Gasteiger partial charge in [-0.2, -0.15) is 0 Å². The highest BCUT2D eigenvalue weighted by atomic mass is 127. The minimum atomic E-state index is -0.510. The average Bonchev–Trinajstić information content (AvgIpc) is 2.44. The van der Waals surface area contributed by atoms with Crippen LogP contribution >= 0.6 is 22.6 Å². The number of H-pyrrole nitrogens is 1. The number of nitrogens with one attached hydrogen (secondary N) is 1. The minimum absolute atomic E-state index is 0.0723. The van der Waals surface area contributed by atoms with Crippen molar-refractivity contribution in [3.05, 3.63) is 25.4 Å². The summed E-state index contributed by atoms with van der Waals surface area (Å²) in [5.74, 6) is 0.646. The van der Waals surface area contributed by atoms with Gasteiger partial charge in [0.05, 0.1) is 9.26 Å². The molecule has 2 heterocycles. The standard InChI is InChI=1S/C13H19IN2O3/c1-3-4-9-10(14)11(17)16-12(15-9)13(18-2)5-7-19-8-6-13/h3-8H2,1-2H3,(H,15,16,17). The number of nitrogens with zero attached hydrogens (tertiary/aromatic N) is 1. The monoisotopic (exact) mass is 378 g/mol. The maximum Gasteiger partial charge on any atom is 0.264 e. The summed E-state index contributed by atoms with van der Waals surface area (Å²) in [5, 5.41) is 0. The summed E-state index contributed by atoms with van der Waals surface area (Å²) in [6.45, 7) is 3.35. The molecule has 1 aromatic rings. The van der Waals surface area contributed by atoms with Crippen LogP contribution in [0.1, 0.15) is 37.7 Å². The van der Waals surface area contributed by atoms with Crippen LogP contribution in [0.3, 0.4) is 0 Å². The molecule has 5 nitrogen and oxygen atoms in total. The number of aromatic amines is 1. The summed E-state index contributed by atoms with van der Waals surface area (Å²) < 4.78 is 11.7. The molecule has 0 atom stereocenters. The lowest BCUT2D eigenvalue weighted by Gasteiger charge is -2.34. The Morgan fingerprint density at radius 3 is 2.74 bits per heavy atom. The molecule has 0 saturated carbocycles. The molecule has 1 N–H and O–H groups in total. The highest BCUT2D eigenvalue weighted by molar-refractivity contribution is 14.1. The van der Waals surface area contributed by atoms with Gasteiger partial charge >= 0.3 is 0 Å². The smallest absolute Gasteiger partial charge is 0.264 e. The third-order valence-corrected chi connectivity index (χ3v) is 4.65. The first-order valence-electron chi connectivity index (χ1n) is 6.55. The van der Waals surface area contributed by atoms with Gasteiger partial charge in [0.15, 0.2) is 0 Å². The summed E-state index contributed by atoms with van der Waals surface area (Å²) >= 11 is 2.06. The van der Waals surface area contributed by atoms with E-state index in [1.165, 1.54) is 0 Å². The minimum Gasteiger partial charge on any atom is -0.381 e. The van der Waals surface area contributed by atoms with E-state index in [1.807, 2.05) is 0 Å². The molecule has 1 aliphatic rings. The molecule has 0 aromatic carbocycles. The SMILES string of the molecule is CCCc1nc(C2(OC)CCOCC2)[nH]c(=O)c1I. The zero-order valence-electron chi connectivity index (χ0n) is 11.3. The highest BCUT2D eigenvalue weighted by Crippen LogP contribution is 2.33. The van der Waals surface area contributed by atoms with Crippen molar-refractivity contribution < 1.29 is 9.47 Å². The van der Waals surface area contributed by atoms with Crippen molar-refractivity contribution in [3.8, 4) is 0 Å². The van der Waals surface area contributed by atoms with E-state index in [0.717, 1.165) is 31.4 Å². The van der Waals surface area contributed by atoms with Gasteiger partial charge in [-0.1, -0.05) is 13.3 Å². The Hall–Kier alpha value is -0.470. The molecular weight excluding hydrogens is 359 g/mol. The van der Waals surface area contributed by atoms with Crippen molar-refractivity contribution in [1.29, 1.82) is 0 Å². The Balaban J connectivity index is 2.45. The fourth-order valence-corrected chi connectivity index (χ4v) is 2.89. The van der Waals surface area contributed by atoms with E-state index < -0.39 is 5.60 Å². The molecule has 6 heteroatoms. The van der Waals surface area contributed by atoms with Crippen molar-refractivity contribution in [2.45, 2.75) is 38.2 Å². The molecule has 0 aliphatic carbocycles. The first-order valence-corrected chi connectivity index (χ1v) is 7.63. The summed E-state index contributed by atoms with van der Waals surface area (Å²) in [6, 6.07) is 0. The van der Waals surface area contributed by atoms with Crippen LogP contribution in [0.4, 0.5) is 0 Å². The van der Waals surface area contributed by atoms with E-state index in [0.29, 0.717) is 22.6 Å². The average molecular weight is 378 g/mol. The van der Waals surface area contributed by atoms with Crippen molar-refractivity contribution in [1.82, 2.24) is 9.97 Å². The number of halogens is 1. The molecule has 19 heavy (non-hydrogen) atoms. The van der Waals surface area contributed by atoms with Crippen LogP contribution < -0.4 is 5.56 Å². The van der Waals surface area contributed by atoms with E-state index in [9.17, 15) is 4.79 Å². The number of aryl methyl sites for hydroxylation is 1. The van der Waals surface area contributed by atoms with Crippen LogP contribution in [0.5, 0.6) is 0 Å². The molecule has 1 saturated heterocycles. The lowest BCUT2D eigenvalue weighted by Crippen LogP contribution is -2.39. The Kier molecular flexibility index (Phi) is 4.97. The van der Waals surface area contributed by atoms with Crippen LogP contribution in [0.2, 0.25) is 0 Å². The van der Waals surface area contributed by atoms with Gasteiger partial charge in [0.25, 0.3) is 5.56 Å². The van der Waals surface area contributed by atoms with E-state index in [-0.39, 0.29) is 5.56 Å². The Morgan fingerprint density at radius 1 is 1.47 bits per heavy atom. The molecule has 0 amide bonds. The number of aromatic nitrogens is 2. The molecule has 0 unspecified atom stereocenters. The molecule has 2 rings (SSSR count). The number of methoxy groups -OCH3 is 1. The Morgan fingerprint density at radius 2 is 2.16 bits per heavy atom. The van der Waals surface area contributed by atoms with Gasteiger partial charge in [0.2, 0.25) is 0 Å². The third kappa shape index (κ3) is 3.00. The second-order valence-corrected chi connectivity index (χ2v) is 5.81. The maximum atomic E-state index is 12.0. The predicted octanol–water partition coefficient (Wildman–Crippen LogP) is 1.98. The summed E-state index contributed by atoms with van der Waals surface area (Å²) in [4.78, 5) is 19.6. The van der Waals surface area contributed by atoms with E-state index >= 15 is 0 Å². The fraction of sp³-hybridized carbons (Fsp3) is 0.692. The number of hydrogen-bond donors (Lipinski definition) is 1. The Bertz CT molecular complexity index is 495. The van der Waals surface area contributed by atoms with Gasteiger partial charge in [-0.25, -0.2) is 4.98 Å². The van der Waals surface area contributed by atoms with Crippen LogP contribution in [0.25, 0.3) is 0 Å². The summed E-state index contributed by atoms with van der Waals surface area (Å²) in [5.41, 5.74) is 0.284. The first-order chi connectivity index (χ1) is 9.13. The second-order valence-electron chi connectivity index (χ2n) is 4.74. The zero-order valence-corrected chi connectivity index (χ0v) is 13.5. The molecule has 0 radical (unpaired) electrons. The van der Waals surface area contributed by atoms with Gasteiger partial charge in [-0.05, 0) is 29.0 Å². The lowest BCUT2D eigenvalue weighted by atomic mass is 9.93. The van der Waals surface area contributed by atoms with E-state index in [1.54, 1.807) is 7.11 Å². The largest absolute Gasteiger partial charge is 0.381 e. The third-order valence-electron chi connectivity index (χ3n) is 3.54. The quantitative estimate of drug-likeness (QED) is 0.814. The molecule has 1 aromatic heterocycles. The molecule has 106 valence electrons. The normalized spacial score (nSPS) is 18.5. The maximum absolute atomic E-state index is 12.0. The van der Waals surface area contributed by atoms with E-state index in [2.05, 4.69) is 39.5 Å². The van der Waals surface area contributed by atoms with Crippen molar-refractivity contribution in [3.63, 3.8) is 0 Å². The van der Waals surface area contributed by atoms with E-state index in [4.69, 9.17) is 9.47 Å². The number of ether oxygens (including phenoxy) is 2. The number of rotatable bonds is 4. The van der Waals surface area contributed by atoms with Crippen LogP contribution in [0, 0.1) is 3.57 Å². The van der Waals surface area contributed by atoms with Gasteiger partial charge in [-0.15, -0.1) is 0 Å². The Labute approximate surface area is 126 Å². The van der Waals surface area contributed by atoms with Gasteiger partial charge in [0, 0.05) is 33.2 Å². The topological polar surface area (TPSA) is 64.2 Å². The van der Waals surface area contributed by atoms with Crippen molar-refractivity contribution in [2.24, 2.45) is 0 Å². The second kappa shape index (κ2) is 6.32. The summed E-state index contributed by atoms with van der Waals surface area (Å²) in [7, 11) is 1.67. The lowest BCUT2D eigenvalue weighted by molar-refractivity contribution is -0.100. The van der Waals surface area contributed by atoms with Gasteiger partial charge in [-0.3, -0.25) is 4.79 Å². The molecule has 0 spiro atoms. The predicted molar refractivity (Wildman–Crippen MR) is 80.3 cm³/mol.